The van der Waals surface area contributed by atoms with Crippen LogP contribution < -0.4 is 5.32 Å². The van der Waals surface area contributed by atoms with Gasteiger partial charge >= 0.3 is 0 Å². The van der Waals surface area contributed by atoms with Crippen LogP contribution in [0.4, 0.5) is 5.69 Å². The van der Waals surface area contributed by atoms with Gasteiger partial charge in [-0.3, -0.25) is 4.98 Å². The molecule has 2 rings (SSSR count). The number of likely N-dealkylation sites (N-methyl/N-ethyl adjacent to an activating group) is 1. The van der Waals surface area contributed by atoms with Gasteiger partial charge in [0.25, 0.3) is 0 Å². The van der Waals surface area contributed by atoms with Crippen LogP contribution >= 0.6 is 0 Å². The molecule has 1 aromatic heterocycles. The first-order valence-corrected chi connectivity index (χ1v) is 4.62. The summed E-state index contributed by atoms with van der Waals surface area (Å²) < 4.78 is 0. The van der Waals surface area contributed by atoms with E-state index >= 15 is 0 Å². The molecule has 2 heterocycles. The average molecular weight is 177 g/mol. The molecule has 1 saturated heterocycles. The van der Waals surface area contributed by atoms with Crippen LogP contribution in [-0.4, -0.2) is 36.1 Å². The first-order valence-electron chi connectivity index (χ1n) is 4.62. The van der Waals surface area contributed by atoms with Crippen LogP contribution in [0.3, 0.4) is 0 Å². The van der Waals surface area contributed by atoms with Gasteiger partial charge in [-0.1, -0.05) is 0 Å². The summed E-state index contributed by atoms with van der Waals surface area (Å²) in [6.07, 6.45) is 1.85. The number of hydrogen-bond acceptors (Lipinski definition) is 3. The molecule has 0 radical (unpaired) electrons. The van der Waals surface area contributed by atoms with Gasteiger partial charge in [0, 0.05) is 30.7 Å². The Balaban J connectivity index is 1.94. The van der Waals surface area contributed by atoms with Crippen LogP contribution in [-0.2, 0) is 0 Å². The highest BCUT2D eigenvalue weighted by atomic mass is 15.2. The predicted molar refractivity (Wildman–Crippen MR) is 53.9 cm³/mol. The van der Waals surface area contributed by atoms with Crippen LogP contribution in [0.25, 0.3) is 0 Å². The number of anilines is 1. The fourth-order valence-corrected chi connectivity index (χ4v) is 1.66. The van der Waals surface area contributed by atoms with E-state index in [1.807, 2.05) is 19.2 Å². The summed E-state index contributed by atoms with van der Waals surface area (Å²) in [4.78, 5) is 6.45. The number of rotatable bonds is 2. The summed E-state index contributed by atoms with van der Waals surface area (Å²) in [7, 11) is 2.13. The maximum Gasteiger partial charge on any atom is 0.0515 e. The number of hydrogen-bond donors (Lipinski definition) is 1. The quantitative estimate of drug-likeness (QED) is 0.733. The smallest absolute Gasteiger partial charge is 0.0515 e. The highest BCUT2D eigenvalue weighted by Crippen LogP contribution is 2.13. The molecule has 0 spiro atoms. The highest BCUT2D eigenvalue weighted by molar-refractivity contribution is 5.44. The van der Waals surface area contributed by atoms with E-state index in [2.05, 4.69) is 28.3 Å². The van der Waals surface area contributed by atoms with Crippen molar-refractivity contribution in [3.63, 3.8) is 0 Å². The van der Waals surface area contributed by atoms with Gasteiger partial charge in [0.15, 0.2) is 0 Å². The van der Waals surface area contributed by atoms with Gasteiger partial charge < -0.3 is 10.2 Å². The third-order valence-corrected chi connectivity index (χ3v) is 2.33. The Hall–Kier alpha value is -1.09. The van der Waals surface area contributed by atoms with Crippen LogP contribution in [0, 0.1) is 6.92 Å². The zero-order valence-electron chi connectivity index (χ0n) is 8.12. The van der Waals surface area contributed by atoms with E-state index in [9.17, 15) is 0 Å². The van der Waals surface area contributed by atoms with Crippen molar-refractivity contribution in [1.29, 1.82) is 0 Å². The molecule has 0 saturated carbocycles. The Morgan fingerprint density at radius 1 is 1.54 bits per heavy atom. The molecule has 1 aromatic rings. The maximum absolute atomic E-state index is 4.16. The van der Waals surface area contributed by atoms with Crippen molar-refractivity contribution in [2.45, 2.75) is 13.0 Å². The lowest BCUT2D eigenvalue weighted by Gasteiger charge is -2.37. The summed E-state index contributed by atoms with van der Waals surface area (Å²) in [5.74, 6) is 0. The van der Waals surface area contributed by atoms with Crippen LogP contribution in [0.1, 0.15) is 5.69 Å². The van der Waals surface area contributed by atoms with Crippen molar-refractivity contribution in [2.75, 3.05) is 25.5 Å². The molecule has 1 N–H and O–H groups in total. The van der Waals surface area contributed by atoms with E-state index in [1.165, 1.54) is 5.69 Å². The summed E-state index contributed by atoms with van der Waals surface area (Å²) in [5.41, 5.74) is 2.25. The molecule has 0 aliphatic carbocycles. The first kappa shape index (κ1) is 8.51. The third kappa shape index (κ3) is 1.98. The van der Waals surface area contributed by atoms with Crippen molar-refractivity contribution >= 4 is 5.69 Å². The molecular weight excluding hydrogens is 162 g/mol. The van der Waals surface area contributed by atoms with E-state index in [1.54, 1.807) is 0 Å². The molecule has 3 heteroatoms. The van der Waals surface area contributed by atoms with Gasteiger partial charge in [-0.15, -0.1) is 0 Å². The average Bonchev–Trinajstić information content (AvgIpc) is 2.01. The van der Waals surface area contributed by atoms with Crippen molar-refractivity contribution < 1.29 is 0 Å². The molecule has 0 bridgehead atoms. The van der Waals surface area contributed by atoms with Crippen LogP contribution in [0.5, 0.6) is 0 Å². The van der Waals surface area contributed by atoms with Crippen LogP contribution in [0.2, 0.25) is 0 Å². The molecule has 0 atom stereocenters. The topological polar surface area (TPSA) is 28.2 Å². The predicted octanol–water partition coefficient (Wildman–Crippen LogP) is 1.12. The Bertz CT molecular complexity index is 292. The molecule has 1 aliphatic rings. The minimum atomic E-state index is 0.617. The molecule has 1 aliphatic heterocycles. The minimum absolute atomic E-state index is 0.617. The second kappa shape index (κ2) is 3.34. The van der Waals surface area contributed by atoms with Gasteiger partial charge in [-0.05, 0) is 26.1 Å². The monoisotopic (exact) mass is 177 g/mol. The van der Waals surface area contributed by atoms with Gasteiger partial charge in [-0.2, -0.15) is 0 Å². The van der Waals surface area contributed by atoms with E-state index < -0.39 is 0 Å². The molecule has 3 nitrogen and oxygen atoms in total. The number of aryl methyl sites for hydroxylation is 1. The number of nitrogens with zero attached hydrogens (tertiary/aromatic N) is 2. The minimum Gasteiger partial charge on any atom is -0.380 e. The van der Waals surface area contributed by atoms with Crippen molar-refractivity contribution in [2.24, 2.45) is 0 Å². The number of aromatic nitrogens is 1. The van der Waals surface area contributed by atoms with Crippen molar-refractivity contribution in [3.8, 4) is 0 Å². The summed E-state index contributed by atoms with van der Waals surface area (Å²) >= 11 is 0. The highest BCUT2D eigenvalue weighted by Gasteiger charge is 2.22. The maximum atomic E-state index is 4.16. The van der Waals surface area contributed by atoms with E-state index in [-0.39, 0.29) is 0 Å². The number of nitrogens with one attached hydrogen (secondary N) is 1. The lowest BCUT2D eigenvalue weighted by molar-refractivity contribution is 0.205. The largest absolute Gasteiger partial charge is 0.380 e. The van der Waals surface area contributed by atoms with Gasteiger partial charge in [-0.25, -0.2) is 0 Å². The normalized spacial score (nSPS) is 18.3. The van der Waals surface area contributed by atoms with Gasteiger partial charge in [0.2, 0.25) is 0 Å². The molecule has 13 heavy (non-hydrogen) atoms. The second-order valence-corrected chi connectivity index (χ2v) is 3.75. The molecule has 0 amide bonds. The zero-order chi connectivity index (χ0) is 9.26. The van der Waals surface area contributed by atoms with Gasteiger partial charge in [0.05, 0.1) is 6.04 Å². The number of likely N-dealkylation sites (tertiary alicyclic amines) is 1. The number of pyridine rings is 1. The molecule has 70 valence electrons. The Kier molecular flexibility index (Phi) is 2.19. The standard InChI is InChI=1S/C10H15N3/c1-8-5-9(3-4-11-8)12-10-6-13(2)7-10/h3-5,10H,6-7H2,1-2H3,(H,11,12). The van der Waals surface area contributed by atoms with E-state index in [0.717, 1.165) is 18.8 Å². The Morgan fingerprint density at radius 3 is 2.92 bits per heavy atom. The van der Waals surface area contributed by atoms with E-state index in [0.29, 0.717) is 6.04 Å². The molecular formula is C10H15N3. The summed E-state index contributed by atoms with van der Waals surface area (Å²) in [5, 5.41) is 3.47. The first-order chi connectivity index (χ1) is 6.24. The molecule has 1 fully saturated rings. The zero-order valence-corrected chi connectivity index (χ0v) is 8.12. The lowest BCUT2D eigenvalue weighted by atomic mass is 10.1. The van der Waals surface area contributed by atoms with Crippen LogP contribution in [0.15, 0.2) is 18.3 Å². The SMILES string of the molecule is Cc1cc(NC2CN(C)C2)ccn1. The second-order valence-electron chi connectivity index (χ2n) is 3.75. The summed E-state index contributed by atoms with van der Waals surface area (Å²) in [6.45, 7) is 4.29. The summed E-state index contributed by atoms with van der Waals surface area (Å²) in [6, 6.07) is 4.72. The molecule has 0 aromatic carbocycles. The van der Waals surface area contributed by atoms with Gasteiger partial charge in [0.1, 0.15) is 0 Å². The molecule has 0 unspecified atom stereocenters. The fourth-order valence-electron chi connectivity index (χ4n) is 1.66. The van der Waals surface area contributed by atoms with Crippen molar-refractivity contribution in [3.05, 3.63) is 24.0 Å². The van der Waals surface area contributed by atoms with E-state index in [4.69, 9.17) is 0 Å². The van der Waals surface area contributed by atoms with Crippen molar-refractivity contribution in [1.82, 2.24) is 9.88 Å². The lowest BCUT2D eigenvalue weighted by Crippen LogP contribution is -2.52. The Morgan fingerprint density at radius 2 is 2.31 bits per heavy atom. The Labute approximate surface area is 78.8 Å². The third-order valence-electron chi connectivity index (χ3n) is 2.33. The fraction of sp³-hybridized carbons (Fsp3) is 0.500.